The van der Waals surface area contributed by atoms with Gasteiger partial charge in [0.25, 0.3) is 5.91 Å². The van der Waals surface area contributed by atoms with Crippen LogP contribution in [0.15, 0.2) is 81.8 Å². The summed E-state index contributed by atoms with van der Waals surface area (Å²) in [5.74, 6) is -1.22. The molecule has 4 aromatic rings. The number of carbonyl (C=O) groups is 2. The maximum Gasteiger partial charge on any atom is 0.294 e. The lowest BCUT2D eigenvalue weighted by Gasteiger charge is -2.26. The highest BCUT2D eigenvalue weighted by Crippen LogP contribution is 2.44. The number of furan rings is 1. The van der Waals surface area contributed by atoms with Crippen LogP contribution in [0.5, 0.6) is 5.75 Å². The second kappa shape index (κ2) is 8.42. The highest BCUT2D eigenvalue weighted by atomic mass is 35.5. The van der Waals surface area contributed by atoms with Crippen LogP contribution < -0.4 is 9.64 Å². The van der Waals surface area contributed by atoms with Gasteiger partial charge in [-0.15, -0.1) is 11.3 Å². The third kappa shape index (κ3) is 3.69. The van der Waals surface area contributed by atoms with Crippen LogP contribution in [0.1, 0.15) is 28.4 Å². The minimum Gasteiger partial charge on any atom is -0.503 e. The monoisotopic (exact) mass is 479 g/mol. The highest BCUT2D eigenvalue weighted by Gasteiger charge is 2.46. The molecule has 0 fully saturated rings. The van der Waals surface area contributed by atoms with E-state index < -0.39 is 23.5 Å². The fraction of sp³-hybridized carbons (Fsp3) is 0.120. The van der Waals surface area contributed by atoms with Gasteiger partial charge in [-0.05, 0) is 54.8 Å². The topological polar surface area (TPSA) is 80.0 Å². The van der Waals surface area contributed by atoms with Gasteiger partial charge >= 0.3 is 0 Å². The van der Waals surface area contributed by atoms with Gasteiger partial charge in [-0.25, -0.2) is 0 Å². The first-order chi connectivity index (χ1) is 16.0. The molecule has 2 aromatic heterocycles. The molecule has 1 aliphatic heterocycles. The number of aliphatic hydroxyl groups excluding tert-OH is 1. The zero-order chi connectivity index (χ0) is 23.1. The summed E-state index contributed by atoms with van der Waals surface area (Å²) in [6.07, 6.45) is 0. The predicted octanol–water partition coefficient (Wildman–Crippen LogP) is 6.33. The second-order valence-corrected chi connectivity index (χ2v) is 8.82. The maximum atomic E-state index is 13.6. The molecule has 0 aliphatic carbocycles. The van der Waals surface area contributed by atoms with E-state index in [1.807, 2.05) is 24.4 Å². The minimum atomic E-state index is -0.807. The quantitative estimate of drug-likeness (QED) is 0.327. The lowest BCUT2D eigenvalue weighted by atomic mass is 10.00. The predicted molar refractivity (Wildman–Crippen MR) is 127 cm³/mol. The molecule has 1 atom stereocenters. The number of rotatable bonds is 6. The van der Waals surface area contributed by atoms with Crippen molar-refractivity contribution in [1.82, 2.24) is 0 Å². The lowest BCUT2D eigenvalue weighted by molar-refractivity contribution is -0.117. The van der Waals surface area contributed by atoms with Crippen molar-refractivity contribution >= 4 is 51.3 Å². The highest BCUT2D eigenvalue weighted by molar-refractivity contribution is 7.10. The number of carbonyl (C=O) groups excluding carboxylic acids is 2. The molecular formula is C25H18ClNO5S. The first-order valence-electron chi connectivity index (χ1n) is 10.2. The van der Waals surface area contributed by atoms with Crippen molar-refractivity contribution in [1.29, 1.82) is 0 Å². The van der Waals surface area contributed by atoms with E-state index in [1.54, 1.807) is 48.5 Å². The summed E-state index contributed by atoms with van der Waals surface area (Å²) in [5.41, 5.74) is 0.964. The Bertz CT molecular complexity index is 1410. The summed E-state index contributed by atoms with van der Waals surface area (Å²) in [5, 5.41) is 13.9. The number of fused-ring (bicyclic) bond motifs is 1. The number of benzene rings is 2. The Hall–Kier alpha value is -3.55. The molecule has 0 bridgehead atoms. The van der Waals surface area contributed by atoms with Crippen LogP contribution in [-0.2, 0) is 4.79 Å². The number of halogens is 1. The van der Waals surface area contributed by atoms with Gasteiger partial charge in [0.05, 0.1) is 12.2 Å². The number of hydrogen-bond donors (Lipinski definition) is 1. The maximum absolute atomic E-state index is 13.6. The van der Waals surface area contributed by atoms with Crippen LogP contribution in [0.2, 0.25) is 5.02 Å². The summed E-state index contributed by atoms with van der Waals surface area (Å²) in [6, 6.07) is 16.4. The third-order valence-corrected chi connectivity index (χ3v) is 6.53. The number of thiophene rings is 1. The summed E-state index contributed by atoms with van der Waals surface area (Å²) < 4.78 is 11.3. The van der Waals surface area contributed by atoms with Gasteiger partial charge in [0.2, 0.25) is 5.78 Å². The molecule has 1 amide bonds. The molecule has 0 spiro atoms. The van der Waals surface area contributed by atoms with Gasteiger partial charge in [-0.1, -0.05) is 23.7 Å². The summed E-state index contributed by atoms with van der Waals surface area (Å²) >= 11 is 7.44. The molecule has 33 heavy (non-hydrogen) atoms. The standard InChI is InChI=1S/C25H18ClNO5S/c1-2-31-17-6-3-5-16(13-17)27-22(20-7-4-10-33-20)21(24(29)25(27)30)23(28)19-12-14-11-15(26)8-9-18(14)32-19/h3-13,22,29H,2H2,1H3. The van der Waals surface area contributed by atoms with E-state index in [-0.39, 0.29) is 11.3 Å². The number of nitrogens with zero attached hydrogens (tertiary/aromatic N) is 1. The van der Waals surface area contributed by atoms with Gasteiger partial charge in [-0.2, -0.15) is 0 Å². The van der Waals surface area contributed by atoms with Crippen LogP contribution in [0, 0.1) is 0 Å². The molecule has 0 saturated heterocycles. The second-order valence-electron chi connectivity index (χ2n) is 7.41. The third-order valence-electron chi connectivity index (χ3n) is 5.37. The molecule has 3 heterocycles. The van der Waals surface area contributed by atoms with E-state index in [4.69, 9.17) is 20.8 Å². The Kier molecular flexibility index (Phi) is 5.44. The zero-order valence-electron chi connectivity index (χ0n) is 17.4. The van der Waals surface area contributed by atoms with Crippen molar-refractivity contribution in [2.45, 2.75) is 13.0 Å². The van der Waals surface area contributed by atoms with E-state index in [0.29, 0.717) is 34.0 Å². The van der Waals surface area contributed by atoms with Gasteiger partial charge < -0.3 is 14.3 Å². The molecule has 1 aliphatic rings. The Morgan fingerprint density at radius 2 is 2.03 bits per heavy atom. The Morgan fingerprint density at radius 1 is 1.18 bits per heavy atom. The average molecular weight is 480 g/mol. The van der Waals surface area contributed by atoms with Gasteiger partial charge in [0.1, 0.15) is 17.4 Å². The fourth-order valence-corrected chi connectivity index (χ4v) is 4.97. The first-order valence-corrected chi connectivity index (χ1v) is 11.5. The number of hydrogen-bond acceptors (Lipinski definition) is 6. The van der Waals surface area contributed by atoms with Crippen molar-refractivity contribution in [3.05, 3.63) is 93.0 Å². The molecule has 1 unspecified atom stereocenters. The Morgan fingerprint density at radius 3 is 2.79 bits per heavy atom. The van der Waals surface area contributed by atoms with Gasteiger partial charge in [-0.3, -0.25) is 14.5 Å². The van der Waals surface area contributed by atoms with Crippen molar-refractivity contribution in [3.63, 3.8) is 0 Å². The van der Waals surface area contributed by atoms with Crippen molar-refractivity contribution in [2.24, 2.45) is 0 Å². The molecule has 1 N–H and O–H groups in total. The van der Waals surface area contributed by atoms with Crippen LogP contribution >= 0.6 is 22.9 Å². The number of amides is 1. The molecular weight excluding hydrogens is 462 g/mol. The summed E-state index contributed by atoms with van der Waals surface area (Å²) in [7, 11) is 0. The molecule has 0 saturated carbocycles. The number of ketones is 1. The molecule has 2 aromatic carbocycles. The van der Waals surface area contributed by atoms with Gasteiger partial charge in [0.15, 0.2) is 11.5 Å². The lowest BCUT2D eigenvalue weighted by Crippen LogP contribution is -2.30. The molecule has 5 rings (SSSR count). The smallest absolute Gasteiger partial charge is 0.294 e. The van der Waals surface area contributed by atoms with E-state index in [0.717, 1.165) is 4.88 Å². The fourth-order valence-electron chi connectivity index (χ4n) is 3.97. The Labute approximate surface area is 198 Å². The SMILES string of the molecule is CCOc1cccc(N2C(=O)C(O)=C(C(=O)c3cc4cc(Cl)ccc4o3)C2c2cccs2)c1. The van der Waals surface area contributed by atoms with E-state index in [9.17, 15) is 14.7 Å². The summed E-state index contributed by atoms with van der Waals surface area (Å²) in [6.45, 7) is 2.34. The van der Waals surface area contributed by atoms with Crippen LogP contribution in [-0.4, -0.2) is 23.4 Å². The number of Topliss-reactive ketones (excluding diaryl/α,β-unsaturated/α-hetero) is 1. The normalized spacial score (nSPS) is 16.1. The molecule has 8 heteroatoms. The molecule has 166 valence electrons. The largest absolute Gasteiger partial charge is 0.503 e. The number of anilines is 1. The van der Waals surface area contributed by atoms with Crippen LogP contribution in [0.25, 0.3) is 11.0 Å². The average Bonchev–Trinajstić information content (AvgIpc) is 3.52. The van der Waals surface area contributed by atoms with Crippen molar-refractivity contribution in [2.75, 3.05) is 11.5 Å². The minimum absolute atomic E-state index is 0.0214. The van der Waals surface area contributed by atoms with Crippen molar-refractivity contribution < 1.29 is 23.8 Å². The molecule has 0 radical (unpaired) electrons. The zero-order valence-corrected chi connectivity index (χ0v) is 19.0. The van der Waals surface area contributed by atoms with Crippen LogP contribution in [0.4, 0.5) is 5.69 Å². The number of aliphatic hydroxyl groups is 1. The first kappa shape index (κ1) is 21.3. The van der Waals surface area contributed by atoms with E-state index in [2.05, 4.69) is 0 Å². The van der Waals surface area contributed by atoms with Crippen molar-refractivity contribution in [3.8, 4) is 5.75 Å². The van der Waals surface area contributed by atoms with Gasteiger partial charge in [0, 0.05) is 27.0 Å². The van der Waals surface area contributed by atoms with Crippen LogP contribution in [0.3, 0.4) is 0 Å². The van der Waals surface area contributed by atoms with E-state index >= 15 is 0 Å². The molecule has 6 nitrogen and oxygen atoms in total. The van der Waals surface area contributed by atoms with E-state index in [1.165, 1.54) is 16.2 Å². The number of ether oxygens (including phenoxy) is 1. The summed E-state index contributed by atoms with van der Waals surface area (Å²) in [4.78, 5) is 28.9. The Balaban J connectivity index is 1.61.